The number of rotatable bonds is 6. The maximum atomic E-state index is 12.5. The number of piperidine rings is 1. The lowest BCUT2D eigenvalue weighted by molar-refractivity contribution is -0.139. The van der Waals surface area contributed by atoms with Crippen LogP contribution in [0.1, 0.15) is 40.5 Å². The highest BCUT2D eigenvalue weighted by Crippen LogP contribution is 2.17. The molecule has 2 amide bonds. The fourth-order valence-electron chi connectivity index (χ4n) is 2.71. The van der Waals surface area contributed by atoms with Crippen molar-refractivity contribution in [2.75, 3.05) is 39.8 Å². The summed E-state index contributed by atoms with van der Waals surface area (Å²) in [5, 5.41) is 0. The Morgan fingerprint density at radius 3 is 2.19 bits per heavy atom. The van der Waals surface area contributed by atoms with Gasteiger partial charge in [0.25, 0.3) is 0 Å². The number of amides is 2. The first-order valence-corrected chi connectivity index (χ1v) is 8.17. The van der Waals surface area contributed by atoms with E-state index in [0.717, 1.165) is 39.0 Å². The Morgan fingerprint density at radius 1 is 1.19 bits per heavy atom. The molecule has 21 heavy (non-hydrogen) atoms. The van der Waals surface area contributed by atoms with Crippen molar-refractivity contribution in [2.45, 2.75) is 46.6 Å². The minimum Gasteiger partial charge on any atom is -0.342 e. The molecule has 0 saturated carbocycles. The van der Waals surface area contributed by atoms with Gasteiger partial charge in [-0.2, -0.15) is 0 Å². The van der Waals surface area contributed by atoms with E-state index >= 15 is 0 Å². The third-order valence-corrected chi connectivity index (χ3v) is 4.61. The second kappa shape index (κ2) is 8.37. The minimum atomic E-state index is -0.238. The van der Waals surface area contributed by atoms with Crippen LogP contribution in [0, 0.1) is 5.92 Å². The first-order chi connectivity index (χ1) is 9.90. The van der Waals surface area contributed by atoms with Gasteiger partial charge < -0.3 is 9.80 Å². The van der Waals surface area contributed by atoms with E-state index in [1.807, 2.05) is 37.6 Å². The normalized spacial score (nSPS) is 17.9. The van der Waals surface area contributed by atoms with E-state index in [1.165, 1.54) is 0 Å². The molecular weight excluding hydrogens is 266 g/mol. The zero-order valence-electron chi connectivity index (χ0n) is 14.3. The van der Waals surface area contributed by atoms with Crippen LogP contribution in [0.5, 0.6) is 0 Å². The van der Waals surface area contributed by atoms with Gasteiger partial charge in [-0.25, -0.2) is 0 Å². The van der Waals surface area contributed by atoms with Crippen molar-refractivity contribution in [3.63, 3.8) is 0 Å². The molecule has 5 heteroatoms. The smallest absolute Gasteiger partial charge is 0.239 e. The van der Waals surface area contributed by atoms with Crippen molar-refractivity contribution in [3.05, 3.63) is 0 Å². The SMILES string of the molecule is CCN(CC)C(=O)CN(C)C(C)C(=O)N1CCC(C)CC1. The van der Waals surface area contributed by atoms with Crippen molar-refractivity contribution in [3.8, 4) is 0 Å². The van der Waals surface area contributed by atoms with Gasteiger partial charge in [0.05, 0.1) is 12.6 Å². The van der Waals surface area contributed by atoms with E-state index in [1.54, 1.807) is 4.90 Å². The summed E-state index contributed by atoms with van der Waals surface area (Å²) in [5.41, 5.74) is 0. The summed E-state index contributed by atoms with van der Waals surface area (Å²) in [6.45, 7) is 11.5. The van der Waals surface area contributed by atoms with E-state index in [-0.39, 0.29) is 17.9 Å². The molecule has 0 aromatic carbocycles. The van der Waals surface area contributed by atoms with Gasteiger partial charge in [-0.1, -0.05) is 6.92 Å². The molecule has 122 valence electrons. The van der Waals surface area contributed by atoms with E-state index in [2.05, 4.69) is 6.92 Å². The number of nitrogens with zero attached hydrogens (tertiary/aromatic N) is 3. The van der Waals surface area contributed by atoms with E-state index in [9.17, 15) is 9.59 Å². The van der Waals surface area contributed by atoms with Crippen LogP contribution in [0.15, 0.2) is 0 Å². The molecule has 0 N–H and O–H groups in total. The third kappa shape index (κ3) is 4.99. The van der Waals surface area contributed by atoms with Gasteiger partial charge in [0.15, 0.2) is 0 Å². The van der Waals surface area contributed by atoms with Crippen LogP contribution in [0.25, 0.3) is 0 Å². The van der Waals surface area contributed by atoms with Crippen molar-refractivity contribution in [2.24, 2.45) is 5.92 Å². The summed E-state index contributed by atoms with van der Waals surface area (Å²) >= 11 is 0. The number of likely N-dealkylation sites (N-methyl/N-ethyl adjacent to an activating group) is 2. The fourth-order valence-corrected chi connectivity index (χ4v) is 2.71. The summed E-state index contributed by atoms with van der Waals surface area (Å²) < 4.78 is 0. The standard InChI is InChI=1S/C16H31N3O2/c1-6-18(7-2)15(20)12-17(5)14(4)16(21)19-10-8-13(3)9-11-19/h13-14H,6-12H2,1-5H3. The van der Waals surface area contributed by atoms with E-state index in [0.29, 0.717) is 12.5 Å². The highest BCUT2D eigenvalue weighted by atomic mass is 16.2. The molecular formula is C16H31N3O2. The lowest BCUT2D eigenvalue weighted by atomic mass is 9.99. The second-order valence-corrected chi connectivity index (χ2v) is 6.16. The average molecular weight is 297 g/mol. The van der Waals surface area contributed by atoms with Gasteiger partial charge >= 0.3 is 0 Å². The summed E-state index contributed by atoms with van der Waals surface area (Å²) in [5.74, 6) is 0.956. The van der Waals surface area contributed by atoms with Crippen molar-refractivity contribution < 1.29 is 9.59 Å². The number of likely N-dealkylation sites (tertiary alicyclic amines) is 1. The molecule has 1 aliphatic heterocycles. The molecule has 0 aromatic rings. The van der Waals surface area contributed by atoms with Gasteiger partial charge in [-0.15, -0.1) is 0 Å². The van der Waals surface area contributed by atoms with Crippen molar-refractivity contribution in [1.82, 2.24) is 14.7 Å². The summed E-state index contributed by atoms with van der Waals surface area (Å²) in [7, 11) is 1.86. The first-order valence-electron chi connectivity index (χ1n) is 8.17. The van der Waals surface area contributed by atoms with Crippen molar-refractivity contribution in [1.29, 1.82) is 0 Å². The number of carbonyl (C=O) groups is 2. The zero-order valence-corrected chi connectivity index (χ0v) is 14.3. The Bertz CT molecular complexity index is 347. The van der Waals surface area contributed by atoms with Gasteiger partial charge in [0.2, 0.25) is 11.8 Å². The average Bonchev–Trinajstić information content (AvgIpc) is 2.47. The Balaban J connectivity index is 2.51. The molecule has 1 unspecified atom stereocenters. The van der Waals surface area contributed by atoms with Crippen LogP contribution in [0.3, 0.4) is 0 Å². The number of carbonyl (C=O) groups excluding carboxylic acids is 2. The molecule has 1 fully saturated rings. The predicted molar refractivity (Wildman–Crippen MR) is 85.0 cm³/mol. The van der Waals surface area contributed by atoms with E-state index in [4.69, 9.17) is 0 Å². The van der Waals surface area contributed by atoms with Crippen LogP contribution in [0.2, 0.25) is 0 Å². The van der Waals surface area contributed by atoms with Crippen LogP contribution in [-0.2, 0) is 9.59 Å². The van der Waals surface area contributed by atoms with E-state index < -0.39 is 0 Å². The number of hydrogen-bond donors (Lipinski definition) is 0. The molecule has 5 nitrogen and oxygen atoms in total. The summed E-state index contributed by atoms with van der Waals surface area (Å²) in [4.78, 5) is 30.2. The van der Waals surface area contributed by atoms with Crippen LogP contribution in [0.4, 0.5) is 0 Å². The Kier molecular flexibility index (Phi) is 7.15. The molecule has 0 bridgehead atoms. The molecule has 1 aliphatic rings. The summed E-state index contributed by atoms with van der Waals surface area (Å²) in [6, 6.07) is -0.238. The Hall–Kier alpha value is -1.10. The van der Waals surface area contributed by atoms with Crippen molar-refractivity contribution >= 4 is 11.8 Å². The van der Waals surface area contributed by atoms with Gasteiger partial charge in [0, 0.05) is 26.2 Å². The lowest BCUT2D eigenvalue weighted by Crippen LogP contribution is -2.50. The van der Waals surface area contributed by atoms with Gasteiger partial charge in [-0.3, -0.25) is 14.5 Å². The summed E-state index contributed by atoms with van der Waals surface area (Å²) in [6.07, 6.45) is 2.17. The molecule has 1 rings (SSSR count). The van der Waals surface area contributed by atoms with Crippen LogP contribution in [-0.4, -0.2) is 72.3 Å². The zero-order chi connectivity index (χ0) is 16.0. The van der Waals surface area contributed by atoms with Gasteiger partial charge in [-0.05, 0) is 46.6 Å². The predicted octanol–water partition coefficient (Wildman–Crippen LogP) is 1.43. The Labute approximate surface area is 129 Å². The fraction of sp³-hybridized carbons (Fsp3) is 0.875. The molecule has 1 saturated heterocycles. The Morgan fingerprint density at radius 2 is 1.71 bits per heavy atom. The highest BCUT2D eigenvalue weighted by molar-refractivity contribution is 5.83. The van der Waals surface area contributed by atoms with Crippen LogP contribution >= 0.6 is 0 Å². The first kappa shape index (κ1) is 18.0. The molecule has 0 radical (unpaired) electrons. The lowest BCUT2D eigenvalue weighted by Gasteiger charge is -2.35. The second-order valence-electron chi connectivity index (χ2n) is 6.16. The highest BCUT2D eigenvalue weighted by Gasteiger charge is 2.28. The topological polar surface area (TPSA) is 43.9 Å². The molecule has 0 aliphatic carbocycles. The largest absolute Gasteiger partial charge is 0.342 e. The molecule has 1 atom stereocenters. The quantitative estimate of drug-likeness (QED) is 0.745. The molecule has 0 aromatic heterocycles. The maximum Gasteiger partial charge on any atom is 0.239 e. The van der Waals surface area contributed by atoms with Gasteiger partial charge in [0.1, 0.15) is 0 Å². The third-order valence-electron chi connectivity index (χ3n) is 4.61. The monoisotopic (exact) mass is 297 g/mol. The maximum absolute atomic E-state index is 12.5. The molecule has 1 heterocycles. The van der Waals surface area contributed by atoms with Crippen LogP contribution < -0.4 is 0 Å². The molecule has 0 spiro atoms. The number of hydrogen-bond acceptors (Lipinski definition) is 3. The minimum absolute atomic E-state index is 0.0921.